The van der Waals surface area contributed by atoms with E-state index in [1.54, 1.807) is 18.2 Å². The zero-order valence-corrected chi connectivity index (χ0v) is 12.0. The zero-order valence-electron chi connectivity index (χ0n) is 11.2. The molecule has 0 aromatic heterocycles. The molecule has 1 aliphatic rings. The van der Waals surface area contributed by atoms with Gasteiger partial charge in [-0.3, -0.25) is 0 Å². The second kappa shape index (κ2) is 5.90. The van der Waals surface area contributed by atoms with Gasteiger partial charge in [0.05, 0.1) is 4.90 Å². The van der Waals surface area contributed by atoms with Gasteiger partial charge < -0.3 is 10.6 Å². The fourth-order valence-corrected chi connectivity index (χ4v) is 3.50. The second-order valence-corrected chi connectivity index (χ2v) is 6.82. The highest BCUT2D eigenvalue weighted by molar-refractivity contribution is 7.89. The van der Waals surface area contributed by atoms with Crippen LogP contribution in [0.15, 0.2) is 29.2 Å². The first-order valence-electron chi connectivity index (χ1n) is 6.54. The van der Waals surface area contributed by atoms with Crippen molar-refractivity contribution in [2.75, 3.05) is 25.9 Å². The highest BCUT2D eigenvalue weighted by Crippen LogP contribution is 2.16. The van der Waals surface area contributed by atoms with E-state index in [-0.39, 0.29) is 10.9 Å². The molecular weight excluding hydrogens is 262 g/mol. The molecule has 0 saturated carbocycles. The predicted octanol–water partition coefficient (Wildman–Crippen LogP) is 1.03. The molecule has 2 rings (SSSR count). The normalized spacial score (nSPS) is 21.4. The van der Waals surface area contributed by atoms with E-state index < -0.39 is 10.0 Å². The molecule has 1 saturated heterocycles. The minimum absolute atomic E-state index is 0.228. The first kappa shape index (κ1) is 14.3. The Labute approximate surface area is 114 Å². The van der Waals surface area contributed by atoms with Crippen LogP contribution in [-0.2, 0) is 10.0 Å². The molecule has 1 fully saturated rings. The van der Waals surface area contributed by atoms with Crippen molar-refractivity contribution >= 4 is 15.7 Å². The number of sulfonamides is 1. The highest BCUT2D eigenvalue weighted by Gasteiger charge is 2.22. The quantitative estimate of drug-likeness (QED) is 0.809. The van der Waals surface area contributed by atoms with E-state index in [9.17, 15) is 8.42 Å². The molecule has 1 heterocycles. The van der Waals surface area contributed by atoms with Crippen LogP contribution in [0.3, 0.4) is 0 Å². The van der Waals surface area contributed by atoms with Crippen molar-refractivity contribution in [3.05, 3.63) is 24.3 Å². The van der Waals surface area contributed by atoms with Gasteiger partial charge in [-0.05, 0) is 44.6 Å². The summed E-state index contributed by atoms with van der Waals surface area (Å²) in [5, 5.41) is 0. The fourth-order valence-electron chi connectivity index (χ4n) is 2.37. The molecule has 19 heavy (non-hydrogen) atoms. The van der Waals surface area contributed by atoms with E-state index in [1.807, 2.05) is 7.05 Å². The van der Waals surface area contributed by atoms with Crippen LogP contribution >= 0.6 is 0 Å². The van der Waals surface area contributed by atoms with Crippen LogP contribution in [0.1, 0.15) is 19.3 Å². The van der Waals surface area contributed by atoms with E-state index >= 15 is 0 Å². The zero-order chi connectivity index (χ0) is 13.9. The summed E-state index contributed by atoms with van der Waals surface area (Å²) in [5.41, 5.74) is 6.07. The van der Waals surface area contributed by atoms with E-state index in [1.165, 1.54) is 12.5 Å². The Bertz CT molecular complexity index is 530. The van der Waals surface area contributed by atoms with Crippen molar-refractivity contribution in [1.82, 2.24) is 9.62 Å². The lowest BCUT2D eigenvalue weighted by Crippen LogP contribution is -2.44. The molecule has 0 bridgehead atoms. The molecule has 1 aromatic carbocycles. The minimum Gasteiger partial charge on any atom is -0.399 e. The number of likely N-dealkylation sites (tertiary alicyclic amines) is 1. The Hall–Kier alpha value is -1.11. The maximum absolute atomic E-state index is 12.1. The smallest absolute Gasteiger partial charge is 0.240 e. The van der Waals surface area contributed by atoms with E-state index in [0.29, 0.717) is 12.2 Å². The SMILES string of the molecule is CN1CCCCC1CNS(=O)(=O)c1cccc(N)c1. The Morgan fingerprint density at radius 1 is 1.42 bits per heavy atom. The van der Waals surface area contributed by atoms with Crippen molar-refractivity contribution in [3.63, 3.8) is 0 Å². The van der Waals surface area contributed by atoms with Gasteiger partial charge in [0.25, 0.3) is 0 Å². The van der Waals surface area contributed by atoms with E-state index in [0.717, 1.165) is 19.4 Å². The summed E-state index contributed by atoms with van der Waals surface area (Å²) in [4.78, 5) is 2.44. The number of hydrogen-bond donors (Lipinski definition) is 2. The number of nitrogen functional groups attached to an aromatic ring is 1. The van der Waals surface area contributed by atoms with Crippen molar-refractivity contribution in [1.29, 1.82) is 0 Å². The van der Waals surface area contributed by atoms with Crippen LogP contribution in [0.4, 0.5) is 5.69 Å². The van der Waals surface area contributed by atoms with Gasteiger partial charge in [-0.2, -0.15) is 0 Å². The molecule has 0 radical (unpaired) electrons. The molecule has 106 valence electrons. The third-order valence-electron chi connectivity index (χ3n) is 3.60. The van der Waals surface area contributed by atoms with E-state index in [4.69, 9.17) is 5.73 Å². The molecule has 1 atom stereocenters. The van der Waals surface area contributed by atoms with Crippen LogP contribution in [-0.4, -0.2) is 39.5 Å². The van der Waals surface area contributed by atoms with Crippen LogP contribution in [0.2, 0.25) is 0 Å². The van der Waals surface area contributed by atoms with Crippen LogP contribution in [0, 0.1) is 0 Å². The molecular formula is C13H21N3O2S. The van der Waals surface area contributed by atoms with Gasteiger partial charge in [-0.15, -0.1) is 0 Å². The maximum Gasteiger partial charge on any atom is 0.240 e. The number of nitrogens with one attached hydrogen (secondary N) is 1. The topological polar surface area (TPSA) is 75.4 Å². The largest absolute Gasteiger partial charge is 0.399 e. The second-order valence-electron chi connectivity index (χ2n) is 5.05. The summed E-state index contributed by atoms with van der Waals surface area (Å²) in [6.45, 7) is 1.48. The lowest BCUT2D eigenvalue weighted by atomic mass is 10.0. The molecule has 0 spiro atoms. The van der Waals surface area contributed by atoms with Crippen LogP contribution < -0.4 is 10.5 Å². The molecule has 3 N–H and O–H groups in total. The van der Waals surface area contributed by atoms with Gasteiger partial charge in [0.1, 0.15) is 0 Å². The predicted molar refractivity (Wildman–Crippen MR) is 76.3 cm³/mol. The summed E-state index contributed by atoms with van der Waals surface area (Å²) in [6.07, 6.45) is 3.39. The first-order chi connectivity index (χ1) is 8.99. The van der Waals surface area contributed by atoms with Gasteiger partial charge in [0, 0.05) is 18.3 Å². The number of nitrogens with zero attached hydrogens (tertiary/aromatic N) is 1. The molecule has 0 aliphatic carbocycles. The molecule has 5 nitrogen and oxygen atoms in total. The molecule has 1 unspecified atom stereocenters. The summed E-state index contributed by atoms with van der Waals surface area (Å²) in [6, 6.07) is 6.64. The third-order valence-corrected chi connectivity index (χ3v) is 5.02. The monoisotopic (exact) mass is 283 g/mol. The lowest BCUT2D eigenvalue weighted by Gasteiger charge is -2.32. The number of nitrogens with two attached hydrogens (primary N) is 1. The fraction of sp³-hybridized carbons (Fsp3) is 0.538. The number of anilines is 1. The van der Waals surface area contributed by atoms with Gasteiger partial charge in [0.2, 0.25) is 10.0 Å². The number of likely N-dealkylation sites (N-methyl/N-ethyl adjacent to an activating group) is 1. The minimum atomic E-state index is -3.46. The number of hydrogen-bond acceptors (Lipinski definition) is 4. The standard InChI is InChI=1S/C13H21N3O2S/c1-16-8-3-2-6-12(16)10-15-19(17,18)13-7-4-5-11(14)9-13/h4-5,7,9,12,15H,2-3,6,8,10,14H2,1H3. The van der Waals surface area contributed by atoms with Crippen molar-refractivity contribution in [2.45, 2.75) is 30.2 Å². The Kier molecular flexibility index (Phi) is 4.44. The van der Waals surface area contributed by atoms with Gasteiger partial charge >= 0.3 is 0 Å². The first-order valence-corrected chi connectivity index (χ1v) is 8.03. The van der Waals surface area contributed by atoms with Crippen molar-refractivity contribution in [2.24, 2.45) is 0 Å². The summed E-state index contributed by atoms with van der Waals surface area (Å²) >= 11 is 0. The Balaban J connectivity index is 2.01. The van der Waals surface area contributed by atoms with Crippen molar-refractivity contribution in [3.8, 4) is 0 Å². The average Bonchev–Trinajstić information content (AvgIpc) is 2.38. The highest BCUT2D eigenvalue weighted by atomic mass is 32.2. The van der Waals surface area contributed by atoms with Crippen molar-refractivity contribution < 1.29 is 8.42 Å². The lowest BCUT2D eigenvalue weighted by molar-refractivity contribution is 0.187. The molecule has 0 amide bonds. The van der Waals surface area contributed by atoms with E-state index in [2.05, 4.69) is 9.62 Å². The van der Waals surface area contributed by atoms with Gasteiger partial charge in [-0.25, -0.2) is 13.1 Å². The maximum atomic E-state index is 12.1. The van der Waals surface area contributed by atoms with Gasteiger partial charge in [0.15, 0.2) is 0 Å². The molecule has 1 aromatic rings. The average molecular weight is 283 g/mol. The third kappa shape index (κ3) is 3.68. The Morgan fingerprint density at radius 3 is 2.89 bits per heavy atom. The number of benzene rings is 1. The molecule has 6 heteroatoms. The van der Waals surface area contributed by atoms with Gasteiger partial charge in [-0.1, -0.05) is 12.5 Å². The summed E-state index contributed by atoms with van der Waals surface area (Å²) in [7, 11) is -1.42. The number of rotatable bonds is 4. The summed E-state index contributed by atoms with van der Waals surface area (Å²) < 4.78 is 27.0. The number of piperidine rings is 1. The van der Waals surface area contributed by atoms with Crippen LogP contribution in [0.25, 0.3) is 0 Å². The summed E-state index contributed by atoms with van der Waals surface area (Å²) in [5.74, 6) is 0. The molecule has 1 aliphatic heterocycles. The van der Waals surface area contributed by atoms with Crippen LogP contribution in [0.5, 0.6) is 0 Å². The Morgan fingerprint density at radius 2 is 2.21 bits per heavy atom.